The predicted molar refractivity (Wildman–Crippen MR) is 50.8 cm³/mol. The zero-order chi connectivity index (χ0) is 11.1. The molecule has 1 amide bonds. The van der Waals surface area contributed by atoms with Crippen LogP contribution in [0, 0.1) is 0 Å². The Bertz CT molecular complexity index is 203. The van der Waals surface area contributed by atoms with Crippen molar-refractivity contribution in [2.75, 3.05) is 6.61 Å². The van der Waals surface area contributed by atoms with Crippen LogP contribution in [-0.4, -0.2) is 30.8 Å². The van der Waals surface area contributed by atoms with Crippen molar-refractivity contribution in [1.29, 1.82) is 0 Å². The van der Waals surface area contributed by atoms with E-state index in [9.17, 15) is 9.59 Å². The summed E-state index contributed by atoms with van der Waals surface area (Å²) in [4.78, 5) is 22.1. The third kappa shape index (κ3) is 5.40. The van der Waals surface area contributed by atoms with Gasteiger partial charge in [-0.05, 0) is 27.7 Å². The van der Waals surface area contributed by atoms with Crippen LogP contribution in [-0.2, 0) is 14.3 Å². The van der Waals surface area contributed by atoms with E-state index in [2.05, 4.69) is 5.32 Å². The molecule has 0 rings (SSSR count). The van der Waals surface area contributed by atoms with Crippen LogP contribution in [0.25, 0.3) is 0 Å². The monoisotopic (exact) mass is 203 g/mol. The van der Waals surface area contributed by atoms with E-state index in [1.165, 1.54) is 0 Å². The summed E-state index contributed by atoms with van der Waals surface area (Å²) in [7, 11) is 0. The molecule has 0 aliphatic carbocycles. The second kappa shape index (κ2) is 6.23. The molecule has 0 spiro atoms. The molecule has 82 valence electrons. The van der Waals surface area contributed by atoms with Gasteiger partial charge in [-0.3, -0.25) is 0 Å². The smallest absolute Gasteiger partial charge is 0.408 e. The lowest BCUT2D eigenvalue weighted by Gasteiger charge is -2.14. The maximum atomic E-state index is 11.1. The van der Waals surface area contributed by atoms with Crippen LogP contribution < -0.4 is 5.32 Å². The van der Waals surface area contributed by atoms with E-state index in [1.54, 1.807) is 27.7 Å². The minimum absolute atomic E-state index is 0.204. The molecule has 0 radical (unpaired) electrons. The lowest BCUT2D eigenvalue weighted by Crippen LogP contribution is -2.40. The third-order valence-corrected chi connectivity index (χ3v) is 1.32. The fourth-order valence-corrected chi connectivity index (χ4v) is 0.751. The normalized spacial score (nSPS) is 12.1. The first-order chi connectivity index (χ1) is 6.47. The molecule has 0 aromatic rings. The first-order valence-corrected chi connectivity index (χ1v) is 4.61. The summed E-state index contributed by atoms with van der Waals surface area (Å²) in [6.45, 7) is 7.00. The minimum Gasteiger partial charge on any atom is -0.464 e. The second-order valence-corrected chi connectivity index (χ2v) is 3.07. The number of esters is 1. The van der Waals surface area contributed by atoms with Gasteiger partial charge in [-0.2, -0.15) is 0 Å². The maximum Gasteiger partial charge on any atom is 0.408 e. The van der Waals surface area contributed by atoms with E-state index >= 15 is 0 Å². The van der Waals surface area contributed by atoms with E-state index in [1.807, 2.05) is 0 Å². The summed E-state index contributed by atoms with van der Waals surface area (Å²) in [5.41, 5.74) is 0. The largest absolute Gasteiger partial charge is 0.464 e. The Morgan fingerprint density at radius 3 is 2.29 bits per heavy atom. The van der Waals surface area contributed by atoms with Crippen LogP contribution in [0.2, 0.25) is 0 Å². The van der Waals surface area contributed by atoms with Crippen LogP contribution in [0.1, 0.15) is 27.7 Å². The highest BCUT2D eigenvalue weighted by atomic mass is 16.6. The molecule has 0 aliphatic rings. The fourth-order valence-electron chi connectivity index (χ4n) is 0.751. The average molecular weight is 203 g/mol. The Labute approximate surface area is 83.8 Å². The Morgan fingerprint density at radius 1 is 1.29 bits per heavy atom. The van der Waals surface area contributed by atoms with Crippen molar-refractivity contribution in [3.8, 4) is 0 Å². The van der Waals surface area contributed by atoms with Gasteiger partial charge in [0.15, 0.2) is 0 Å². The number of amides is 1. The molecule has 0 aromatic heterocycles. The molecule has 5 heteroatoms. The highest BCUT2D eigenvalue weighted by molar-refractivity contribution is 5.80. The standard InChI is InChI=1S/C9H17NO4/c1-5-13-8(11)7(4)10-9(12)14-6(2)3/h6-7H,5H2,1-4H3,(H,10,12). The van der Waals surface area contributed by atoms with E-state index in [-0.39, 0.29) is 6.10 Å². The van der Waals surface area contributed by atoms with E-state index in [4.69, 9.17) is 9.47 Å². The first-order valence-electron chi connectivity index (χ1n) is 4.61. The molecule has 1 unspecified atom stereocenters. The molecule has 0 aromatic carbocycles. The average Bonchev–Trinajstić information content (AvgIpc) is 2.02. The number of alkyl carbamates (subject to hydrolysis) is 1. The van der Waals surface area contributed by atoms with Gasteiger partial charge in [-0.1, -0.05) is 0 Å². The minimum atomic E-state index is -0.679. The van der Waals surface area contributed by atoms with Crippen molar-refractivity contribution in [3.63, 3.8) is 0 Å². The van der Waals surface area contributed by atoms with Gasteiger partial charge in [0.25, 0.3) is 0 Å². The quantitative estimate of drug-likeness (QED) is 0.694. The number of carbonyl (C=O) groups excluding carboxylic acids is 2. The van der Waals surface area contributed by atoms with E-state index in [0.29, 0.717) is 6.61 Å². The van der Waals surface area contributed by atoms with Gasteiger partial charge >= 0.3 is 12.1 Å². The lowest BCUT2D eigenvalue weighted by atomic mass is 10.3. The van der Waals surface area contributed by atoms with Crippen LogP contribution in [0.5, 0.6) is 0 Å². The summed E-state index contributed by atoms with van der Waals surface area (Å²) in [5.74, 6) is -0.465. The molecule has 0 saturated carbocycles. The lowest BCUT2D eigenvalue weighted by molar-refractivity contribution is -0.145. The fraction of sp³-hybridized carbons (Fsp3) is 0.778. The SMILES string of the molecule is CCOC(=O)C(C)NC(=O)OC(C)C. The van der Waals surface area contributed by atoms with E-state index in [0.717, 1.165) is 0 Å². The summed E-state index contributed by atoms with van der Waals surface area (Å²) in [6, 6.07) is -0.679. The Kier molecular flexibility index (Phi) is 5.67. The van der Waals surface area contributed by atoms with Gasteiger partial charge in [0.1, 0.15) is 6.04 Å². The summed E-state index contributed by atoms with van der Waals surface area (Å²) in [6.07, 6.45) is -0.815. The molecule has 0 saturated heterocycles. The molecule has 0 bridgehead atoms. The number of hydrogen-bond donors (Lipinski definition) is 1. The Morgan fingerprint density at radius 2 is 1.86 bits per heavy atom. The van der Waals surface area contributed by atoms with Gasteiger partial charge in [-0.25, -0.2) is 9.59 Å². The molecule has 0 aliphatic heterocycles. The third-order valence-electron chi connectivity index (χ3n) is 1.32. The van der Waals surface area contributed by atoms with Crippen LogP contribution in [0.15, 0.2) is 0 Å². The van der Waals surface area contributed by atoms with Gasteiger partial charge in [-0.15, -0.1) is 0 Å². The second-order valence-electron chi connectivity index (χ2n) is 3.07. The van der Waals surface area contributed by atoms with Crippen molar-refractivity contribution in [2.45, 2.75) is 39.8 Å². The van der Waals surface area contributed by atoms with Crippen molar-refractivity contribution in [2.24, 2.45) is 0 Å². The predicted octanol–water partition coefficient (Wildman–Crippen LogP) is 1.07. The highest BCUT2D eigenvalue weighted by Crippen LogP contribution is 1.92. The van der Waals surface area contributed by atoms with Crippen molar-refractivity contribution < 1.29 is 19.1 Å². The number of rotatable bonds is 4. The molecule has 14 heavy (non-hydrogen) atoms. The number of carbonyl (C=O) groups is 2. The van der Waals surface area contributed by atoms with Gasteiger partial charge in [0.2, 0.25) is 0 Å². The molecule has 1 atom stereocenters. The molecular weight excluding hydrogens is 186 g/mol. The summed E-state index contributed by atoms with van der Waals surface area (Å²) < 4.78 is 9.49. The molecule has 0 heterocycles. The van der Waals surface area contributed by atoms with E-state index < -0.39 is 18.1 Å². The van der Waals surface area contributed by atoms with Crippen molar-refractivity contribution in [1.82, 2.24) is 5.32 Å². The van der Waals surface area contributed by atoms with Crippen LogP contribution in [0.3, 0.4) is 0 Å². The van der Waals surface area contributed by atoms with Gasteiger partial charge in [0, 0.05) is 0 Å². The maximum absolute atomic E-state index is 11.1. The summed E-state index contributed by atoms with van der Waals surface area (Å²) in [5, 5.41) is 2.36. The topological polar surface area (TPSA) is 64.6 Å². The highest BCUT2D eigenvalue weighted by Gasteiger charge is 2.17. The zero-order valence-corrected chi connectivity index (χ0v) is 8.99. The van der Waals surface area contributed by atoms with Crippen LogP contribution in [0.4, 0.5) is 4.79 Å². The first kappa shape index (κ1) is 12.7. The molecular formula is C9H17NO4. The zero-order valence-electron chi connectivity index (χ0n) is 8.99. The molecule has 1 N–H and O–H groups in total. The molecule has 0 fully saturated rings. The molecule has 5 nitrogen and oxygen atoms in total. The summed E-state index contributed by atoms with van der Waals surface area (Å²) >= 11 is 0. The van der Waals surface area contributed by atoms with Gasteiger partial charge in [0.05, 0.1) is 12.7 Å². The van der Waals surface area contributed by atoms with Crippen LogP contribution >= 0.6 is 0 Å². The number of nitrogens with one attached hydrogen (secondary N) is 1. The van der Waals surface area contributed by atoms with Crippen molar-refractivity contribution in [3.05, 3.63) is 0 Å². The van der Waals surface area contributed by atoms with Crippen molar-refractivity contribution >= 4 is 12.1 Å². The number of hydrogen-bond acceptors (Lipinski definition) is 4. The number of ether oxygens (including phenoxy) is 2. The Balaban J connectivity index is 3.87. The van der Waals surface area contributed by atoms with Gasteiger partial charge < -0.3 is 14.8 Å². The Hall–Kier alpha value is -1.26.